The summed E-state index contributed by atoms with van der Waals surface area (Å²) < 4.78 is 1.74. The number of carbonyl (C=O) groups excluding carboxylic acids is 1. The molecule has 2 aromatic heterocycles. The minimum absolute atomic E-state index is 0.130. The average molecular weight is 355 g/mol. The number of nitrogens with zero attached hydrogens (tertiary/aromatic N) is 4. The third-order valence-electron chi connectivity index (χ3n) is 3.58. The maximum Gasteiger partial charge on any atom is 0.287 e. The van der Waals surface area contributed by atoms with Gasteiger partial charge in [0.05, 0.1) is 22.8 Å². The van der Waals surface area contributed by atoms with E-state index in [2.05, 4.69) is 20.4 Å². The summed E-state index contributed by atoms with van der Waals surface area (Å²) in [5.41, 5.74) is 2.00. The molecule has 7 nitrogen and oxygen atoms in total. The first-order chi connectivity index (χ1) is 12.1. The Bertz CT molecular complexity index is 925. The molecular weight excluding hydrogens is 340 g/mol. The summed E-state index contributed by atoms with van der Waals surface area (Å²) in [6, 6.07) is 8.95. The smallest absolute Gasteiger partial charge is 0.287 e. The third kappa shape index (κ3) is 3.87. The zero-order valence-electron chi connectivity index (χ0n) is 13.4. The molecule has 1 unspecified atom stereocenters. The summed E-state index contributed by atoms with van der Waals surface area (Å²) in [7, 11) is 0. The van der Waals surface area contributed by atoms with Crippen molar-refractivity contribution in [1.29, 1.82) is 5.26 Å². The van der Waals surface area contributed by atoms with Crippen LogP contribution in [0, 0.1) is 11.3 Å². The number of aromatic nitrogens is 4. The van der Waals surface area contributed by atoms with Crippen LogP contribution in [0.15, 0.2) is 42.9 Å². The third-order valence-corrected chi connectivity index (χ3v) is 3.89. The Hall–Kier alpha value is -3.11. The van der Waals surface area contributed by atoms with Crippen LogP contribution < -0.4 is 5.32 Å². The summed E-state index contributed by atoms with van der Waals surface area (Å²) in [6.45, 7) is 2.40. The quantitative estimate of drug-likeness (QED) is 0.735. The molecule has 8 heteroatoms. The molecule has 25 heavy (non-hydrogen) atoms. The zero-order chi connectivity index (χ0) is 17.8. The van der Waals surface area contributed by atoms with Crippen molar-refractivity contribution in [2.24, 2.45) is 0 Å². The van der Waals surface area contributed by atoms with Crippen LogP contribution in [0.1, 0.15) is 23.1 Å². The zero-order valence-corrected chi connectivity index (χ0v) is 14.2. The van der Waals surface area contributed by atoms with E-state index in [0.717, 1.165) is 11.3 Å². The van der Waals surface area contributed by atoms with Crippen molar-refractivity contribution in [3.8, 4) is 17.3 Å². The molecule has 2 heterocycles. The van der Waals surface area contributed by atoms with Gasteiger partial charge in [0.25, 0.3) is 5.91 Å². The molecule has 0 aliphatic rings. The predicted octanol–water partition coefficient (Wildman–Crippen LogP) is 2.62. The molecule has 0 spiro atoms. The summed E-state index contributed by atoms with van der Waals surface area (Å²) in [6.07, 6.45) is 4.96. The van der Waals surface area contributed by atoms with E-state index < -0.39 is 0 Å². The molecule has 3 rings (SSSR count). The predicted molar refractivity (Wildman–Crippen MR) is 92.9 cm³/mol. The number of rotatable bonds is 5. The Labute approximate surface area is 149 Å². The number of nitriles is 1. The molecule has 1 atom stereocenters. The first kappa shape index (κ1) is 16.7. The number of halogens is 1. The lowest BCUT2D eigenvalue weighted by Crippen LogP contribution is -2.36. The molecule has 126 valence electrons. The molecule has 1 amide bonds. The highest BCUT2D eigenvalue weighted by Gasteiger charge is 2.13. The molecular formula is C17H15ClN6O. The molecule has 0 aliphatic heterocycles. The van der Waals surface area contributed by atoms with Gasteiger partial charge >= 0.3 is 0 Å². The van der Waals surface area contributed by atoms with Crippen LogP contribution in [0.25, 0.3) is 11.3 Å². The van der Waals surface area contributed by atoms with Gasteiger partial charge < -0.3 is 10.3 Å². The number of carbonyl (C=O) groups is 1. The van der Waals surface area contributed by atoms with Crippen LogP contribution >= 0.6 is 11.6 Å². The number of aromatic amines is 1. The van der Waals surface area contributed by atoms with Gasteiger partial charge in [0.2, 0.25) is 0 Å². The fourth-order valence-electron chi connectivity index (χ4n) is 2.39. The maximum absolute atomic E-state index is 12.0. The second-order valence-corrected chi connectivity index (χ2v) is 5.95. The number of amides is 1. The Morgan fingerprint density at radius 1 is 1.48 bits per heavy atom. The van der Waals surface area contributed by atoms with Gasteiger partial charge in [-0.2, -0.15) is 10.4 Å². The van der Waals surface area contributed by atoms with E-state index in [9.17, 15) is 4.79 Å². The van der Waals surface area contributed by atoms with Crippen LogP contribution in [-0.4, -0.2) is 31.7 Å². The number of nitrogens with one attached hydrogen (secondary N) is 2. The Morgan fingerprint density at radius 3 is 3.00 bits per heavy atom. The average Bonchev–Trinajstić information content (AvgIpc) is 3.26. The minimum Gasteiger partial charge on any atom is -0.345 e. The minimum atomic E-state index is -0.260. The Morgan fingerprint density at radius 2 is 2.32 bits per heavy atom. The van der Waals surface area contributed by atoms with Gasteiger partial charge in [-0.3, -0.25) is 9.48 Å². The largest absolute Gasteiger partial charge is 0.345 e. The fourth-order valence-corrected chi connectivity index (χ4v) is 2.61. The van der Waals surface area contributed by atoms with Crippen molar-refractivity contribution >= 4 is 17.5 Å². The SMILES string of the molecule is CC(Cn1ccc(-c2ccc(C#N)c(Cl)c2)n1)NC(=O)c1ncc[nH]1. The first-order valence-electron chi connectivity index (χ1n) is 7.60. The van der Waals surface area contributed by atoms with Crippen molar-refractivity contribution in [2.75, 3.05) is 0 Å². The van der Waals surface area contributed by atoms with Crippen molar-refractivity contribution in [1.82, 2.24) is 25.1 Å². The van der Waals surface area contributed by atoms with Crippen molar-refractivity contribution in [3.05, 3.63) is 59.3 Å². The van der Waals surface area contributed by atoms with E-state index in [4.69, 9.17) is 16.9 Å². The van der Waals surface area contributed by atoms with E-state index in [-0.39, 0.29) is 17.8 Å². The monoisotopic (exact) mass is 354 g/mol. The van der Waals surface area contributed by atoms with Gasteiger partial charge in [-0.1, -0.05) is 17.7 Å². The van der Waals surface area contributed by atoms with E-state index in [1.807, 2.05) is 25.3 Å². The molecule has 3 aromatic rings. The molecule has 1 aromatic carbocycles. The van der Waals surface area contributed by atoms with Gasteiger partial charge in [0.15, 0.2) is 5.82 Å². The number of hydrogen-bond acceptors (Lipinski definition) is 4. The summed E-state index contributed by atoms with van der Waals surface area (Å²) in [5, 5.41) is 16.7. The molecule has 2 N–H and O–H groups in total. The van der Waals surface area contributed by atoms with Gasteiger partial charge in [-0.15, -0.1) is 0 Å². The van der Waals surface area contributed by atoms with E-state index in [1.165, 1.54) is 6.20 Å². The second-order valence-electron chi connectivity index (χ2n) is 5.54. The molecule has 0 radical (unpaired) electrons. The van der Waals surface area contributed by atoms with Crippen LogP contribution in [-0.2, 0) is 6.54 Å². The van der Waals surface area contributed by atoms with Gasteiger partial charge in [-0.25, -0.2) is 4.98 Å². The summed E-state index contributed by atoms with van der Waals surface area (Å²) >= 11 is 6.06. The lowest BCUT2D eigenvalue weighted by molar-refractivity contribution is 0.0926. The lowest BCUT2D eigenvalue weighted by atomic mass is 10.1. The van der Waals surface area contributed by atoms with Crippen molar-refractivity contribution < 1.29 is 4.79 Å². The van der Waals surface area contributed by atoms with Crippen molar-refractivity contribution in [2.45, 2.75) is 19.5 Å². The highest BCUT2D eigenvalue weighted by molar-refractivity contribution is 6.32. The fraction of sp³-hybridized carbons (Fsp3) is 0.176. The van der Waals surface area contributed by atoms with Crippen LogP contribution in [0.4, 0.5) is 0 Å². The molecule has 0 bridgehead atoms. The molecule has 0 fully saturated rings. The van der Waals surface area contributed by atoms with Crippen LogP contribution in [0.5, 0.6) is 0 Å². The van der Waals surface area contributed by atoms with Gasteiger partial charge in [-0.05, 0) is 25.1 Å². The summed E-state index contributed by atoms with van der Waals surface area (Å²) in [5.74, 6) is 0.0176. The normalized spacial score (nSPS) is 11.7. The number of benzene rings is 1. The summed E-state index contributed by atoms with van der Waals surface area (Å²) in [4.78, 5) is 18.6. The second kappa shape index (κ2) is 7.20. The lowest BCUT2D eigenvalue weighted by Gasteiger charge is -2.12. The van der Waals surface area contributed by atoms with Gasteiger partial charge in [0.1, 0.15) is 6.07 Å². The van der Waals surface area contributed by atoms with E-state index in [1.54, 1.807) is 29.1 Å². The highest BCUT2D eigenvalue weighted by atomic mass is 35.5. The first-order valence-corrected chi connectivity index (χ1v) is 7.98. The van der Waals surface area contributed by atoms with Crippen LogP contribution in [0.2, 0.25) is 5.02 Å². The Kier molecular flexibility index (Phi) is 4.82. The topological polar surface area (TPSA) is 99.4 Å². The van der Waals surface area contributed by atoms with E-state index >= 15 is 0 Å². The number of hydrogen-bond donors (Lipinski definition) is 2. The van der Waals surface area contributed by atoms with E-state index in [0.29, 0.717) is 17.1 Å². The standard InChI is InChI=1S/C17H15ClN6O/c1-11(22-17(25)16-20-5-6-21-16)10-24-7-4-15(23-24)12-2-3-13(9-19)14(18)8-12/h2-8,11H,10H2,1H3,(H,20,21)(H,22,25). The maximum atomic E-state index is 12.0. The number of H-pyrrole nitrogens is 1. The number of imidazole rings is 1. The Balaban J connectivity index is 1.66. The molecule has 0 saturated heterocycles. The highest BCUT2D eigenvalue weighted by Crippen LogP contribution is 2.24. The van der Waals surface area contributed by atoms with Gasteiger partial charge in [0, 0.05) is 30.2 Å². The molecule has 0 saturated carbocycles. The van der Waals surface area contributed by atoms with Crippen molar-refractivity contribution in [3.63, 3.8) is 0 Å². The van der Waals surface area contributed by atoms with Crippen LogP contribution in [0.3, 0.4) is 0 Å². The molecule has 0 aliphatic carbocycles.